The van der Waals surface area contributed by atoms with Crippen LogP contribution in [-0.2, 0) is 35.6 Å². The smallest absolute Gasteiger partial charge is 0.407 e. The molecule has 4 atom stereocenters. The van der Waals surface area contributed by atoms with Crippen LogP contribution in [0.4, 0.5) is 4.79 Å². The van der Waals surface area contributed by atoms with E-state index >= 15 is 0 Å². The molecule has 4 N–H and O–H groups in total. The number of nitrogens with one attached hydrogen (secondary N) is 3. The van der Waals surface area contributed by atoms with E-state index in [1.165, 1.54) is 11.8 Å². The number of fused-ring (bicyclic) bond motifs is 2. The highest BCUT2D eigenvalue weighted by Gasteiger charge is 2.52. The third-order valence-corrected chi connectivity index (χ3v) is 13.9. The number of benzene rings is 1. The number of allylic oxidation sites excluding steroid dienone is 1. The number of carbonyl (C=O) groups is 4. The first-order chi connectivity index (χ1) is 25.6. The van der Waals surface area contributed by atoms with Crippen molar-refractivity contribution in [3.8, 4) is 5.75 Å². The zero-order chi connectivity index (χ0) is 38.8. The van der Waals surface area contributed by atoms with E-state index in [0.29, 0.717) is 78.0 Å². The highest BCUT2D eigenvalue weighted by atomic mass is 35.5. The van der Waals surface area contributed by atoms with Crippen LogP contribution in [0.3, 0.4) is 0 Å². The number of hydrogen-bond donors (Lipinski definition) is 4. The van der Waals surface area contributed by atoms with Crippen molar-refractivity contribution in [2.45, 2.75) is 127 Å². The van der Waals surface area contributed by atoms with Crippen LogP contribution in [0.25, 0.3) is 10.9 Å². The standard InChI is InChI=1S/C39H52ClN5O8S/c1-24-33(46)28(29-21-27(40)14-16-30(29)41-24)15-13-26-20-32-34(47)43-39(3,36(49)44-54(51,52)38(2)18-19-38)17-9-7-5-4-6-8-10-31(35(48)45(32)22-26)42-37(50)53-23-25-11-12-25/h7,9,14,16,21,25-26,31-32,46H,4-6,8,10-13,15,17-20,22-23H2,1-3H3,(H,42,50)(H,43,47)(H,44,49). The molecule has 2 aliphatic carbocycles. The van der Waals surface area contributed by atoms with E-state index in [0.717, 1.165) is 25.7 Å². The summed E-state index contributed by atoms with van der Waals surface area (Å²) in [5.74, 6) is -1.68. The second kappa shape index (κ2) is 16.1. The van der Waals surface area contributed by atoms with Gasteiger partial charge in [0.15, 0.2) is 0 Å². The van der Waals surface area contributed by atoms with Gasteiger partial charge in [0.25, 0.3) is 5.91 Å². The molecule has 54 heavy (non-hydrogen) atoms. The lowest BCUT2D eigenvalue weighted by molar-refractivity contribution is -0.141. The minimum atomic E-state index is -4.00. The third kappa shape index (κ3) is 9.13. The van der Waals surface area contributed by atoms with Crippen LogP contribution < -0.4 is 15.4 Å². The number of hydrogen-bond acceptors (Lipinski definition) is 9. The van der Waals surface area contributed by atoms with Gasteiger partial charge in [0, 0.05) is 22.5 Å². The lowest BCUT2D eigenvalue weighted by atomic mass is 9.93. The molecule has 2 aliphatic heterocycles. The maximum Gasteiger partial charge on any atom is 0.407 e. The van der Waals surface area contributed by atoms with Crippen LogP contribution in [0, 0.1) is 18.8 Å². The molecule has 3 fully saturated rings. The maximum atomic E-state index is 14.5. The second-order valence-electron chi connectivity index (χ2n) is 16.1. The summed E-state index contributed by atoms with van der Waals surface area (Å²) < 4.78 is 32.9. The first-order valence-electron chi connectivity index (χ1n) is 19.1. The average molecular weight is 786 g/mol. The van der Waals surface area contributed by atoms with Gasteiger partial charge in [-0.1, -0.05) is 36.6 Å². The molecule has 0 bridgehead atoms. The van der Waals surface area contributed by atoms with E-state index in [1.807, 2.05) is 6.08 Å². The molecule has 2 saturated carbocycles. The molecular formula is C39H52ClN5O8S. The van der Waals surface area contributed by atoms with Gasteiger partial charge in [-0.05, 0) is 121 Å². The molecule has 6 rings (SSSR count). The van der Waals surface area contributed by atoms with E-state index < -0.39 is 56.2 Å². The van der Waals surface area contributed by atoms with Gasteiger partial charge < -0.3 is 25.4 Å². The number of ether oxygens (including phenoxy) is 1. The Kier molecular flexibility index (Phi) is 11.8. The largest absolute Gasteiger partial charge is 0.506 e. The predicted octanol–water partition coefficient (Wildman–Crippen LogP) is 5.34. The number of amides is 4. The van der Waals surface area contributed by atoms with Crippen molar-refractivity contribution < 1.29 is 37.4 Å². The van der Waals surface area contributed by atoms with E-state index in [4.69, 9.17) is 16.3 Å². The summed E-state index contributed by atoms with van der Waals surface area (Å²) in [6.07, 6.45) is 10.3. The Morgan fingerprint density at radius 2 is 1.85 bits per heavy atom. The van der Waals surface area contributed by atoms with Gasteiger partial charge in [0.05, 0.1) is 22.6 Å². The number of aromatic nitrogens is 1. The molecule has 4 amide bonds. The number of nitrogens with zero attached hydrogens (tertiary/aromatic N) is 2. The fraction of sp³-hybridized carbons (Fsp3) is 0.615. The Bertz CT molecular complexity index is 1930. The van der Waals surface area contributed by atoms with Gasteiger partial charge in [0.2, 0.25) is 21.8 Å². The second-order valence-corrected chi connectivity index (χ2v) is 18.7. The van der Waals surface area contributed by atoms with Gasteiger partial charge in [0.1, 0.15) is 23.4 Å². The zero-order valence-electron chi connectivity index (χ0n) is 31.3. The summed E-state index contributed by atoms with van der Waals surface area (Å²) in [6, 6.07) is 3.33. The van der Waals surface area contributed by atoms with E-state index in [9.17, 15) is 32.7 Å². The predicted molar refractivity (Wildman–Crippen MR) is 204 cm³/mol. The number of alkyl carbamates (subject to hydrolysis) is 1. The fourth-order valence-electron chi connectivity index (χ4n) is 7.35. The van der Waals surface area contributed by atoms with Crippen LogP contribution >= 0.6 is 11.6 Å². The SMILES string of the molecule is Cc1nc2ccc(Cl)cc2c(CCC2CC3C(=O)NC(C)(C(=O)NS(=O)(=O)C4(C)CC4)CC=CCCCCCC(NC(=O)OCC4CC4)C(=O)N3C2)c1O. The number of carbonyl (C=O) groups excluding carboxylic acids is 4. The van der Waals surface area contributed by atoms with Crippen molar-refractivity contribution in [1.82, 2.24) is 25.2 Å². The molecule has 0 radical (unpaired) electrons. The molecule has 1 aromatic carbocycles. The van der Waals surface area contributed by atoms with Crippen molar-refractivity contribution in [1.29, 1.82) is 0 Å². The quantitative estimate of drug-likeness (QED) is 0.244. The van der Waals surface area contributed by atoms with E-state index in [1.54, 1.807) is 38.1 Å². The Hall–Kier alpha value is -3.91. The Morgan fingerprint density at radius 1 is 1.09 bits per heavy atom. The van der Waals surface area contributed by atoms with E-state index in [2.05, 4.69) is 20.3 Å². The summed E-state index contributed by atoms with van der Waals surface area (Å²) in [5, 5.41) is 17.9. The van der Waals surface area contributed by atoms with Crippen LogP contribution in [0.5, 0.6) is 5.75 Å². The number of aryl methyl sites for hydroxylation is 2. The molecule has 4 aliphatic rings. The fourth-order valence-corrected chi connectivity index (χ4v) is 8.88. The Balaban J connectivity index is 1.28. The lowest BCUT2D eigenvalue weighted by Gasteiger charge is -2.33. The molecule has 294 valence electrons. The first-order valence-corrected chi connectivity index (χ1v) is 21.0. The molecule has 0 spiro atoms. The number of aromatic hydroxyl groups is 1. The minimum Gasteiger partial charge on any atom is -0.506 e. The summed E-state index contributed by atoms with van der Waals surface area (Å²) in [4.78, 5) is 61.5. The van der Waals surface area contributed by atoms with Gasteiger partial charge in [-0.15, -0.1) is 0 Å². The first kappa shape index (κ1) is 39.8. The topological polar surface area (TPSA) is 184 Å². The molecule has 13 nitrogen and oxygen atoms in total. The maximum absolute atomic E-state index is 14.5. The van der Waals surface area contributed by atoms with Crippen molar-refractivity contribution in [3.05, 3.63) is 46.6 Å². The van der Waals surface area contributed by atoms with Crippen LogP contribution in [0.15, 0.2) is 30.4 Å². The molecule has 2 aromatic rings. The van der Waals surface area contributed by atoms with Gasteiger partial charge >= 0.3 is 6.09 Å². The van der Waals surface area contributed by atoms with Gasteiger partial charge in [-0.2, -0.15) is 0 Å². The van der Waals surface area contributed by atoms with Crippen molar-refractivity contribution in [2.24, 2.45) is 11.8 Å². The number of pyridine rings is 1. The molecule has 1 saturated heterocycles. The molecule has 3 heterocycles. The summed E-state index contributed by atoms with van der Waals surface area (Å²) >= 11 is 6.33. The van der Waals surface area contributed by atoms with Crippen LogP contribution in [-0.4, -0.2) is 82.7 Å². The Morgan fingerprint density at radius 3 is 2.57 bits per heavy atom. The number of halogens is 1. The summed E-state index contributed by atoms with van der Waals surface area (Å²) in [5.41, 5.74) is 0.173. The van der Waals surface area contributed by atoms with Crippen molar-refractivity contribution in [2.75, 3.05) is 13.2 Å². The van der Waals surface area contributed by atoms with Gasteiger partial charge in [-0.25, -0.2) is 18.2 Å². The number of rotatable bonds is 9. The average Bonchev–Trinajstić information content (AvgIpc) is 4.05. The zero-order valence-corrected chi connectivity index (χ0v) is 32.9. The molecule has 4 unspecified atom stereocenters. The highest BCUT2D eigenvalue weighted by Crippen LogP contribution is 2.42. The normalized spacial score (nSPS) is 26.3. The third-order valence-electron chi connectivity index (χ3n) is 11.5. The number of sulfonamides is 1. The Labute approximate surface area is 322 Å². The van der Waals surface area contributed by atoms with Crippen molar-refractivity contribution >= 4 is 56.3 Å². The minimum absolute atomic E-state index is 0.0359. The molecular weight excluding hydrogens is 734 g/mol. The van der Waals surface area contributed by atoms with Crippen LogP contribution in [0.2, 0.25) is 5.02 Å². The highest BCUT2D eigenvalue weighted by molar-refractivity contribution is 7.91. The van der Waals surface area contributed by atoms with Crippen molar-refractivity contribution in [3.63, 3.8) is 0 Å². The molecule has 1 aromatic heterocycles. The summed E-state index contributed by atoms with van der Waals surface area (Å²) in [7, 11) is -4.00. The van der Waals surface area contributed by atoms with E-state index in [-0.39, 0.29) is 37.7 Å². The lowest BCUT2D eigenvalue weighted by Crippen LogP contribution is -2.62. The summed E-state index contributed by atoms with van der Waals surface area (Å²) in [6.45, 7) is 5.28. The molecule has 15 heteroatoms. The van der Waals surface area contributed by atoms with Gasteiger partial charge in [-0.3, -0.25) is 19.1 Å². The monoisotopic (exact) mass is 785 g/mol. The van der Waals surface area contributed by atoms with Crippen LogP contribution in [0.1, 0.15) is 102 Å².